The van der Waals surface area contributed by atoms with Crippen molar-refractivity contribution in [3.05, 3.63) is 69.9 Å². The molecule has 0 saturated carbocycles. The average Bonchev–Trinajstić information content (AvgIpc) is 3.06. The van der Waals surface area contributed by atoms with Gasteiger partial charge in [-0.2, -0.15) is 0 Å². The van der Waals surface area contributed by atoms with Gasteiger partial charge in [-0.3, -0.25) is 9.59 Å². The number of carbonyl (C=O) groups excluding carboxylic acids is 1. The van der Waals surface area contributed by atoms with E-state index in [-0.39, 0.29) is 11.5 Å². The van der Waals surface area contributed by atoms with Crippen LogP contribution in [0.2, 0.25) is 0 Å². The van der Waals surface area contributed by atoms with Gasteiger partial charge in [-0.1, -0.05) is 13.0 Å². The zero-order valence-corrected chi connectivity index (χ0v) is 13.6. The maximum atomic E-state index is 12.1. The molecule has 2 heterocycles. The zero-order valence-electron chi connectivity index (χ0n) is 13.6. The standard InChI is InChI=1S/C19H18N2O3/c1-3-15-12(2)16-8-6-13(11-17(16)21-19(15)23)20-18(22)9-7-14-5-4-10-24-14/h4-11H,3H2,1-2H3,(H,20,22)(H,21,23)/b9-7+. The first-order valence-corrected chi connectivity index (χ1v) is 7.76. The van der Waals surface area contributed by atoms with Gasteiger partial charge in [0.2, 0.25) is 5.91 Å². The summed E-state index contributed by atoms with van der Waals surface area (Å²) >= 11 is 0. The van der Waals surface area contributed by atoms with Crippen molar-refractivity contribution in [1.82, 2.24) is 4.98 Å². The molecule has 5 heteroatoms. The number of pyridine rings is 1. The van der Waals surface area contributed by atoms with Gasteiger partial charge in [0.1, 0.15) is 5.76 Å². The minimum absolute atomic E-state index is 0.0799. The molecule has 0 aliphatic heterocycles. The van der Waals surface area contributed by atoms with Crippen molar-refractivity contribution in [2.75, 3.05) is 5.32 Å². The second-order valence-electron chi connectivity index (χ2n) is 5.51. The predicted octanol–water partition coefficient (Wildman–Crippen LogP) is 3.64. The first kappa shape index (κ1) is 15.8. The summed E-state index contributed by atoms with van der Waals surface area (Å²) in [5, 5.41) is 3.76. The summed E-state index contributed by atoms with van der Waals surface area (Å²) in [5.74, 6) is 0.339. The van der Waals surface area contributed by atoms with Crippen LogP contribution in [0.15, 0.2) is 51.9 Å². The van der Waals surface area contributed by atoms with E-state index in [0.717, 1.165) is 16.5 Å². The summed E-state index contributed by atoms with van der Waals surface area (Å²) in [6, 6.07) is 9.02. The van der Waals surface area contributed by atoms with Crippen molar-refractivity contribution in [3.63, 3.8) is 0 Å². The molecule has 0 aliphatic carbocycles. The average molecular weight is 322 g/mol. The maximum absolute atomic E-state index is 12.1. The van der Waals surface area contributed by atoms with E-state index in [1.165, 1.54) is 6.08 Å². The lowest BCUT2D eigenvalue weighted by atomic mass is 10.0. The Hall–Kier alpha value is -3.08. The van der Waals surface area contributed by atoms with Crippen molar-refractivity contribution in [2.45, 2.75) is 20.3 Å². The molecule has 2 N–H and O–H groups in total. The number of fused-ring (bicyclic) bond motifs is 1. The molecule has 0 saturated heterocycles. The number of hydrogen-bond donors (Lipinski definition) is 2. The highest BCUT2D eigenvalue weighted by Gasteiger charge is 2.08. The minimum atomic E-state index is -0.269. The maximum Gasteiger partial charge on any atom is 0.251 e. The second kappa shape index (κ2) is 6.58. The summed E-state index contributed by atoms with van der Waals surface area (Å²) in [6.07, 6.45) is 5.23. The van der Waals surface area contributed by atoms with Crippen LogP contribution < -0.4 is 10.9 Å². The first-order valence-electron chi connectivity index (χ1n) is 7.76. The summed E-state index contributed by atoms with van der Waals surface area (Å²) in [7, 11) is 0. The van der Waals surface area contributed by atoms with Crippen LogP contribution in [0.25, 0.3) is 17.0 Å². The number of carbonyl (C=O) groups is 1. The third-order valence-electron chi connectivity index (χ3n) is 3.96. The minimum Gasteiger partial charge on any atom is -0.465 e. The topological polar surface area (TPSA) is 75.1 Å². The molecule has 0 unspecified atom stereocenters. The molecule has 0 fully saturated rings. The Bertz CT molecular complexity index is 966. The number of rotatable bonds is 4. The molecule has 1 aromatic carbocycles. The Balaban J connectivity index is 1.86. The monoisotopic (exact) mass is 322 g/mol. The summed E-state index contributed by atoms with van der Waals surface area (Å²) in [4.78, 5) is 26.9. The van der Waals surface area contributed by atoms with Gasteiger partial charge in [-0.25, -0.2) is 0 Å². The number of H-pyrrole nitrogens is 1. The van der Waals surface area contributed by atoms with Crippen LogP contribution in [0.5, 0.6) is 0 Å². The lowest BCUT2D eigenvalue weighted by molar-refractivity contribution is -0.111. The van der Waals surface area contributed by atoms with Crippen LogP contribution in [0.1, 0.15) is 23.8 Å². The van der Waals surface area contributed by atoms with E-state index in [0.29, 0.717) is 23.4 Å². The van der Waals surface area contributed by atoms with Gasteiger partial charge in [-0.15, -0.1) is 0 Å². The van der Waals surface area contributed by atoms with Gasteiger partial charge in [0.05, 0.1) is 11.8 Å². The summed E-state index contributed by atoms with van der Waals surface area (Å²) in [5.41, 5.74) is 3.02. The number of hydrogen-bond acceptors (Lipinski definition) is 3. The van der Waals surface area contributed by atoms with Crippen LogP contribution in [0, 0.1) is 6.92 Å². The Kier molecular flexibility index (Phi) is 4.33. The van der Waals surface area contributed by atoms with Crippen molar-refractivity contribution < 1.29 is 9.21 Å². The lowest BCUT2D eigenvalue weighted by Gasteiger charge is -2.09. The number of aromatic amines is 1. The predicted molar refractivity (Wildman–Crippen MR) is 95.1 cm³/mol. The van der Waals surface area contributed by atoms with Crippen LogP contribution in [-0.2, 0) is 11.2 Å². The fourth-order valence-electron chi connectivity index (χ4n) is 2.74. The van der Waals surface area contributed by atoms with Gasteiger partial charge < -0.3 is 14.7 Å². The van der Waals surface area contributed by atoms with Crippen molar-refractivity contribution >= 4 is 28.6 Å². The number of amides is 1. The smallest absolute Gasteiger partial charge is 0.251 e. The summed E-state index contributed by atoms with van der Waals surface area (Å²) in [6.45, 7) is 3.91. The molecule has 1 amide bonds. The molecule has 3 aromatic rings. The van der Waals surface area contributed by atoms with Gasteiger partial charge in [0.15, 0.2) is 0 Å². The highest BCUT2D eigenvalue weighted by molar-refractivity contribution is 6.02. The molecule has 0 bridgehead atoms. The van der Waals surface area contributed by atoms with E-state index in [2.05, 4.69) is 10.3 Å². The van der Waals surface area contributed by atoms with E-state index in [4.69, 9.17) is 4.42 Å². The highest BCUT2D eigenvalue weighted by Crippen LogP contribution is 2.21. The number of aromatic nitrogens is 1. The molecule has 0 spiro atoms. The van der Waals surface area contributed by atoms with Crippen LogP contribution in [0.4, 0.5) is 5.69 Å². The van der Waals surface area contributed by atoms with E-state index in [1.807, 2.05) is 26.0 Å². The van der Waals surface area contributed by atoms with Crippen molar-refractivity contribution in [1.29, 1.82) is 0 Å². The molecule has 24 heavy (non-hydrogen) atoms. The van der Waals surface area contributed by atoms with Crippen LogP contribution in [0.3, 0.4) is 0 Å². The van der Waals surface area contributed by atoms with Gasteiger partial charge in [0, 0.05) is 22.7 Å². The number of aryl methyl sites for hydroxylation is 1. The molecule has 5 nitrogen and oxygen atoms in total. The normalized spacial score (nSPS) is 11.2. The lowest BCUT2D eigenvalue weighted by Crippen LogP contribution is -2.14. The van der Waals surface area contributed by atoms with Gasteiger partial charge in [-0.05, 0) is 49.2 Å². The fourth-order valence-corrected chi connectivity index (χ4v) is 2.74. The first-order chi connectivity index (χ1) is 11.6. The van der Waals surface area contributed by atoms with E-state index >= 15 is 0 Å². The van der Waals surface area contributed by atoms with Gasteiger partial charge in [0.25, 0.3) is 5.56 Å². The Morgan fingerprint density at radius 1 is 1.33 bits per heavy atom. The van der Waals surface area contributed by atoms with E-state index in [9.17, 15) is 9.59 Å². The third kappa shape index (κ3) is 3.15. The quantitative estimate of drug-likeness (QED) is 0.720. The number of benzene rings is 1. The SMILES string of the molecule is CCc1c(C)c2ccc(NC(=O)/C=C/c3ccco3)cc2[nH]c1=O. The van der Waals surface area contributed by atoms with Gasteiger partial charge >= 0.3 is 0 Å². The van der Waals surface area contributed by atoms with Crippen molar-refractivity contribution in [3.8, 4) is 0 Å². The molecule has 122 valence electrons. The largest absolute Gasteiger partial charge is 0.465 e. The molecule has 0 aliphatic rings. The molecular weight excluding hydrogens is 304 g/mol. The van der Waals surface area contributed by atoms with Crippen LogP contribution >= 0.6 is 0 Å². The number of furan rings is 1. The molecule has 0 radical (unpaired) electrons. The Morgan fingerprint density at radius 3 is 2.88 bits per heavy atom. The fraction of sp³-hybridized carbons (Fsp3) is 0.158. The number of nitrogens with one attached hydrogen (secondary N) is 2. The summed E-state index contributed by atoms with van der Waals surface area (Å²) < 4.78 is 5.13. The second-order valence-corrected chi connectivity index (χ2v) is 5.51. The molecule has 0 atom stereocenters. The molecule has 3 rings (SSSR count). The highest BCUT2D eigenvalue weighted by atomic mass is 16.3. The Morgan fingerprint density at radius 2 is 2.17 bits per heavy atom. The third-order valence-corrected chi connectivity index (χ3v) is 3.96. The zero-order chi connectivity index (χ0) is 17.1. The van der Waals surface area contributed by atoms with Crippen molar-refractivity contribution in [2.24, 2.45) is 0 Å². The van der Waals surface area contributed by atoms with E-state index < -0.39 is 0 Å². The van der Waals surface area contributed by atoms with Crippen LogP contribution in [-0.4, -0.2) is 10.9 Å². The van der Waals surface area contributed by atoms with E-state index in [1.54, 1.807) is 30.5 Å². The molecular formula is C19H18N2O3. The molecule has 2 aromatic heterocycles. The Labute approximate surface area is 139 Å². The number of anilines is 1.